The molecule has 6 heteroatoms. The number of nitrogens with one attached hydrogen (secondary N) is 2. The van der Waals surface area contributed by atoms with Crippen LogP contribution in [0.5, 0.6) is 5.75 Å². The summed E-state index contributed by atoms with van der Waals surface area (Å²) in [7, 11) is 1.65. The zero-order valence-electron chi connectivity index (χ0n) is 14.5. The van der Waals surface area contributed by atoms with Gasteiger partial charge >= 0.3 is 6.09 Å². The number of hydrogen-bond donors (Lipinski definition) is 2. The van der Waals surface area contributed by atoms with E-state index in [0.717, 1.165) is 32.3 Å². The molecule has 0 aliphatic carbocycles. The van der Waals surface area contributed by atoms with Crippen LogP contribution >= 0.6 is 15.9 Å². The summed E-state index contributed by atoms with van der Waals surface area (Å²) >= 11 is 3.49. The quantitative estimate of drug-likeness (QED) is 0.597. The van der Waals surface area contributed by atoms with E-state index in [1.807, 2.05) is 48.7 Å². The van der Waals surface area contributed by atoms with E-state index < -0.39 is 6.09 Å². The molecule has 3 rings (SSSR count). The number of alkyl carbamates (subject to hydrolysis) is 1. The topological polar surface area (TPSA) is 63.3 Å². The van der Waals surface area contributed by atoms with E-state index in [0.29, 0.717) is 26.0 Å². The third kappa shape index (κ3) is 4.58. The van der Waals surface area contributed by atoms with Crippen LogP contribution in [-0.2, 0) is 17.6 Å². The molecule has 0 saturated heterocycles. The Morgan fingerprint density at radius 3 is 2.81 bits per heavy atom. The molecule has 1 aromatic heterocycles. The van der Waals surface area contributed by atoms with Gasteiger partial charge in [-0.15, -0.1) is 0 Å². The van der Waals surface area contributed by atoms with Crippen molar-refractivity contribution in [3.63, 3.8) is 0 Å². The lowest BCUT2D eigenvalue weighted by molar-refractivity contribution is 0.147. The fourth-order valence-electron chi connectivity index (χ4n) is 2.80. The van der Waals surface area contributed by atoms with Crippen molar-refractivity contribution >= 4 is 32.9 Å². The van der Waals surface area contributed by atoms with Gasteiger partial charge in [0, 0.05) is 34.5 Å². The molecule has 0 aliphatic rings. The minimum Gasteiger partial charge on any atom is -0.497 e. The maximum Gasteiger partial charge on any atom is 0.407 e. The van der Waals surface area contributed by atoms with Gasteiger partial charge < -0.3 is 19.8 Å². The van der Waals surface area contributed by atoms with Gasteiger partial charge in [0.25, 0.3) is 0 Å². The molecule has 0 fully saturated rings. The van der Waals surface area contributed by atoms with Crippen molar-refractivity contribution in [1.29, 1.82) is 0 Å². The predicted molar refractivity (Wildman–Crippen MR) is 106 cm³/mol. The van der Waals surface area contributed by atoms with Crippen molar-refractivity contribution in [2.75, 3.05) is 20.3 Å². The van der Waals surface area contributed by atoms with Crippen LogP contribution in [0, 0.1) is 0 Å². The maximum atomic E-state index is 11.8. The fourth-order valence-corrected chi connectivity index (χ4v) is 3.28. The molecule has 0 aliphatic heterocycles. The molecular formula is C20H21BrN2O3. The summed E-state index contributed by atoms with van der Waals surface area (Å²) in [4.78, 5) is 15.1. The Hall–Kier alpha value is -2.47. The van der Waals surface area contributed by atoms with Gasteiger partial charge in [-0.25, -0.2) is 4.79 Å². The van der Waals surface area contributed by atoms with Gasteiger partial charge in [-0.3, -0.25) is 0 Å². The number of amides is 1. The molecule has 1 amide bonds. The molecule has 0 atom stereocenters. The Bertz CT molecular complexity index is 892. The lowest BCUT2D eigenvalue weighted by Gasteiger charge is -2.08. The highest BCUT2D eigenvalue weighted by Crippen LogP contribution is 2.23. The minimum absolute atomic E-state index is 0.346. The van der Waals surface area contributed by atoms with Gasteiger partial charge in [-0.2, -0.15) is 0 Å². The highest BCUT2D eigenvalue weighted by molar-refractivity contribution is 9.10. The molecule has 1 heterocycles. The van der Waals surface area contributed by atoms with E-state index in [1.54, 1.807) is 7.11 Å². The molecular weight excluding hydrogens is 396 g/mol. The van der Waals surface area contributed by atoms with Gasteiger partial charge in [0.2, 0.25) is 0 Å². The average Bonchev–Trinajstić information content (AvgIpc) is 3.05. The Kier molecular flexibility index (Phi) is 6.17. The largest absolute Gasteiger partial charge is 0.497 e. The van der Waals surface area contributed by atoms with Crippen LogP contribution in [0.3, 0.4) is 0 Å². The summed E-state index contributed by atoms with van der Waals surface area (Å²) < 4.78 is 11.5. The second-order valence-corrected chi connectivity index (χ2v) is 6.73. The SMILES string of the molecule is COc1ccc2[nH]cc(CCNC(=O)OCCc3ccccc3Br)c2c1. The van der Waals surface area contributed by atoms with Crippen LogP contribution in [0.15, 0.2) is 53.1 Å². The first-order valence-electron chi connectivity index (χ1n) is 8.45. The van der Waals surface area contributed by atoms with Crippen molar-refractivity contribution in [2.45, 2.75) is 12.8 Å². The normalized spacial score (nSPS) is 10.7. The Labute approximate surface area is 160 Å². The van der Waals surface area contributed by atoms with Crippen molar-refractivity contribution in [1.82, 2.24) is 10.3 Å². The van der Waals surface area contributed by atoms with E-state index in [-0.39, 0.29) is 0 Å². The molecule has 0 radical (unpaired) electrons. The summed E-state index contributed by atoms with van der Waals surface area (Å²) in [5, 5.41) is 3.90. The van der Waals surface area contributed by atoms with Crippen molar-refractivity contribution in [3.05, 3.63) is 64.3 Å². The Morgan fingerprint density at radius 2 is 2.00 bits per heavy atom. The molecule has 0 spiro atoms. The molecule has 5 nitrogen and oxygen atoms in total. The van der Waals surface area contributed by atoms with Gasteiger partial charge in [0.05, 0.1) is 13.7 Å². The van der Waals surface area contributed by atoms with E-state index in [4.69, 9.17) is 9.47 Å². The lowest BCUT2D eigenvalue weighted by Crippen LogP contribution is -2.27. The number of hydrogen-bond acceptors (Lipinski definition) is 3. The van der Waals surface area contributed by atoms with E-state index in [1.165, 1.54) is 0 Å². The van der Waals surface area contributed by atoms with Crippen molar-refractivity contribution < 1.29 is 14.3 Å². The molecule has 3 aromatic rings. The number of aromatic nitrogens is 1. The molecule has 0 saturated carbocycles. The monoisotopic (exact) mass is 416 g/mol. The summed E-state index contributed by atoms with van der Waals surface area (Å²) in [5.41, 5.74) is 3.30. The average molecular weight is 417 g/mol. The first kappa shape index (κ1) is 18.3. The van der Waals surface area contributed by atoms with E-state index >= 15 is 0 Å². The number of ether oxygens (including phenoxy) is 2. The highest BCUT2D eigenvalue weighted by atomic mass is 79.9. The second kappa shape index (κ2) is 8.76. The number of aromatic amines is 1. The summed E-state index contributed by atoms with van der Waals surface area (Å²) in [6.07, 6.45) is 2.96. The molecule has 0 bridgehead atoms. The number of benzene rings is 2. The first-order chi connectivity index (χ1) is 12.7. The van der Waals surface area contributed by atoms with Crippen LogP contribution in [0.2, 0.25) is 0 Å². The number of rotatable bonds is 7. The molecule has 136 valence electrons. The van der Waals surface area contributed by atoms with Crippen LogP contribution < -0.4 is 10.1 Å². The van der Waals surface area contributed by atoms with Gasteiger partial charge in [-0.1, -0.05) is 34.1 Å². The van der Waals surface area contributed by atoms with E-state index in [2.05, 4.69) is 26.2 Å². The maximum absolute atomic E-state index is 11.8. The van der Waals surface area contributed by atoms with Gasteiger partial charge in [0.1, 0.15) is 5.75 Å². The van der Waals surface area contributed by atoms with Crippen molar-refractivity contribution in [2.24, 2.45) is 0 Å². The molecule has 0 unspecified atom stereocenters. The van der Waals surface area contributed by atoms with Crippen LogP contribution in [0.25, 0.3) is 10.9 Å². The third-order valence-corrected chi connectivity index (χ3v) is 4.97. The zero-order chi connectivity index (χ0) is 18.4. The number of halogens is 1. The molecule has 2 N–H and O–H groups in total. The summed E-state index contributed by atoms with van der Waals surface area (Å²) in [6, 6.07) is 13.8. The third-order valence-electron chi connectivity index (χ3n) is 4.20. The summed E-state index contributed by atoms with van der Waals surface area (Å²) in [5.74, 6) is 0.817. The smallest absolute Gasteiger partial charge is 0.407 e. The number of H-pyrrole nitrogens is 1. The van der Waals surface area contributed by atoms with Gasteiger partial charge in [0.15, 0.2) is 0 Å². The zero-order valence-corrected chi connectivity index (χ0v) is 16.1. The van der Waals surface area contributed by atoms with Crippen molar-refractivity contribution in [3.8, 4) is 5.75 Å². The van der Waals surface area contributed by atoms with Crippen LogP contribution in [-0.4, -0.2) is 31.3 Å². The number of fused-ring (bicyclic) bond motifs is 1. The molecule has 26 heavy (non-hydrogen) atoms. The number of carbonyl (C=O) groups is 1. The number of carbonyl (C=O) groups excluding carboxylic acids is 1. The Balaban J connectivity index is 1.44. The lowest BCUT2D eigenvalue weighted by atomic mass is 10.1. The highest BCUT2D eigenvalue weighted by Gasteiger charge is 2.07. The van der Waals surface area contributed by atoms with Gasteiger partial charge in [-0.05, 0) is 41.8 Å². The predicted octanol–water partition coefficient (Wildman–Crippen LogP) is 4.45. The fraction of sp³-hybridized carbons (Fsp3) is 0.250. The number of methoxy groups -OCH3 is 1. The second-order valence-electron chi connectivity index (χ2n) is 5.88. The first-order valence-corrected chi connectivity index (χ1v) is 9.24. The van der Waals surface area contributed by atoms with Crippen LogP contribution in [0.4, 0.5) is 4.79 Å². The standard InChI is InChI=1S/C20H21BrN2O3/c1-25-16-6-7-19-17(12-16)15(13-23-19)8-10-22-20(24)26-11-9-14-4-2-3-5-18(14)21/h2-7,12-13,23H,8-11H2,1H3,(H,22,24). The Morgan fingerprint density at radius 1 is 1.15 bits per heavy atom. The molecule has 2 aromatic carbocycles. The summed E-state index contributed by atoms with van der Waals surface area (Å²) in [6.45, 7) is 0.858. The van der Waals surface area contributed by atoms with E-state index in [9.17, 15) is 4.79 Å². The minimum atomic E-state index is -0.394. The van der Waals surface area contributed by atoms with Crippen LogP contribution in [0.1, 0.15) is 11.1 Å².